The lowest BCUT2D eigenvalue weighted by atomic mass is 10.1. The SMILES string of the molecule is CNc1cc(Cl)cc2c1OCC2. The molecule has 2 rings (SSSR count). The monoisotopic (exact) mass is 183 g/mol. The van der Waals surface area contributed by atoms with Gasteiger partial charge in [0.05, 0.1) is 12.3 Å². The minimum Gasteiger partial charge on any atom is -0.491 e. The number of rotatable bonds is 1. The number of halogens is 1. The van der Waals surface area contributed by atoms with Gasteiger partial charge in [-0.2, -0.15) is 0 Å². The van der Waals surface area contributed by atoms with E-state index in [2.05, 4.69) is 5.32 Å². The Morgan fingerprint density at radius 2 is 2.33 bits per heavy atom. The summed E-state index contributed by atoms with van der Waals surface area (Å²) in [5, 5.41) is 3.83. The van der Waals surface area contributed by atoms with Gasteiger partial charge in [-0.15, -0.1) is 0 Å². The van der Waals surface area contributed by atoms with Gasteiger partial charge in [0.1, 0.15) is 5.75 Å². The highest BCUT2D eigenvalue weighted by molar-refractivity contribution is 6.31. The molecule has 1 N–H and O–H groups in total. The summed E-state index contributed by atoms with van der Waals surface area (Å²) in [5.41, 5.74) is 2.18. The molecule has 1 aromatic carbocycles. The Kier molecular flexibility index (Phi) is 1.85. The lowest BCUT2D eigenvalue weighted by Crippen LogP contribution is -1.92. The van der Waals surface area contributed by atoms with Crippen molar-refractivity contribution in [3.63, 3.8) is 0 Å². The van der Waals surface area contributed by atoms with E-state index in [-0.39, 0.29) is 0 Å². The average molecular weight is 184 g/mol. The van der Waals surface area contributed by atoms with Gasteiger partial charge in [0, 0.05) is 24.1 Å². The quantitative estimate of drug-likeness (QED) is 0.722. The fourth-order valence-electron chi connectivity index (χ4n) is 1.45. The van der Waals surface area contributed by atoms with Gasteiger partial charge in [0.25, 0.3) is 0 Å². The highest BCUT2D eigenvalue weighted by Gasteiger charge is 2.16. The normalized spacial score (nSPS) is 13.8. The molecular formula is C9H10ClNO. The summed E-state index contributed by atoms with van der Waals surface area (Å²) >= 11 is 5.91. The maximum atomic E-state index is 5.91. The first-order valence-electron chi connectivity index (χ1n) is 3.94. The maximum absolute atomic E-state index is 5.91. The molecule has 0 aliphatic carbocycles. The number of ether oxygens (including phenoxy) is 1. The van der Waals surface area contributed by atoms with Crippen LogP contribution in [0.4, 0.5) is 5.69 Å². The Balaban J connectivity index is 2.55. The summed E-state index contributed by atoms with van der Waals surface area (Å²) in [4.78, 5) is 0. The minimum atomic E-state index is 0.767. The van der Waals surface area contributed by atoms with Crippen molar-refractivity contribution in [1.29, 1.82) is 0 Å². The molecule has 0 radical (unpaired) electrons. The standard InChI is InChI=1S/C9H10ClNO/c1-11-8-5-7(10)4-6-2-3-12-9(6)8/h4-5,11H,2-3H2,1H3. The molecule has 2 nitrogen and oxygen atoms in total. The molecule has 0 saturated carbocycles. The predicted molar refractivity (Wildman–Crippen MR) is 50.2 cm³/mol. The summed E-state index contributed by atoms with van der Waals surface area (Å²) in [7, 11) is 1.87. The lowest BCUT2D eigenvalue weighted by molar-refractivity contribution is 0.358. The smallest absolute Gasteiger partial charge is 0.145 e. The van der Waals surface area contributed by atoms with Gasteiger partial charge in [0.2, 0.25) is 0 Å². The van der Waals surface area contributed by atoms with Crippen LogP contribution in [0, 0.1) is 0 Å². The van der Waals surface area contributed by atoms with Crippen LogP contribution in [-0.2, 0) is 6.42 Å². The summed E-state index contributed by atoms with van der Waals surface area (Å²) in [6.45, 7) is 0.768. The Hall–Kier alpha value is -0.890. The summed E-state index contributed by atoms with van der Waals surface area (Å²) in [6, 6.07) is 3.84. The molecule has 1 aromatic rings. The molecule has 0 aromatic heterocycles. The number of nitrogens with one attached hydrogen (secondary N) is 1. The van der Waals surface area contributed by atoms with Crippen LogP contribution < -0.4 is 10.1 Å². The Bertz CT molecular complexity index is 312. The van der Waals surface area contributed by atoms with Gasteiger partial charge in [-0.3, -0.25) is 0 Å². The first kappa shape index (κ1) is 7.74. The zero-order valence-electron chi connectivity index (χ0n) is 6.86. The van der Waals surface area contributed by atoms with Crippen molar-refractivity contribution < 1.29 is 4.74 Å². The molecule has 0 bridgehead atoms. The highest BCUT2D eigenvalue weighted by Crippen LogP contribution is 2.36. The van der Waals surface area contributed by atoms with Crippen molar-refractivity contribution in [3.8, 4) is 5.75 Å². The summed E-state index contributed by atoms with van der Waals surface area (Å²) < 4.78 is 5.45. The summed E-state index contributed by atoms with van der Waals surface area (Å²) in [6.07, 6.45) is 0.963. The zero-order valence-corrected chi connectivity index (χ0v) is 7.61. The summed E-state index contributed by atoms with van der Waals surface area (Å²) in [5.74, 6) is 0.960. The number of benzene rings is 1. The fraction of sp³-hybridized carbons (Fsp3) is 0.333. The van der Waals surface area contributed by atoms with Crippen molar-refractivity contribution in [2.45, 2.75) is 6.42 Å². The van der Waals surface area contributed by atoms with Crippen LogP contribution in [0.2, 0.25) is 5.02 Å². The first-order valence-corrected chi connectivity index (χ1v) is 4.32. The minimum absolute atomic E-state index is 0.767. The largest absolute Gasteiger partial charge is 0.491 e. The molecule has 12 heavy (non-hydrogen) atoms. The second kappa shape index (κ2) is 2.87. The number of hydrogen-bond acceptors (Lipinski definition) is 2. The van der Waals surface area contributed by atoms with E-state index in [1.807, 2.05) is 19.2 Å². The van der Waals surface area contributed by atoms with E-state index in [1.165, 1.54) is 5.56 Å². The van der Waals surface area contributed by atoms with Crippen LogP contribution >= 0.6 is 11.6 Å². The van der Waals surface area contributed by atoms with E-state index in [0.29, 0.717) is 0 Å². The van der Waals surface area contributed by atoms with Gasteiger partial charge in [0.15, 0.2) is 0 Å². The molecule has 0 atom stereocenters. The van der Waals surface area contributed by atoms with E-state index in [0.717, 1.165) is 29.5 Å². The van der Waals surface area contributed by atoms with Gasteiger partial charge < -0.3 is 10.1 Å². The predicted octanol–water partition coefficient (Wildman–Crippen LogP) is 2.32. The topological polar surface area (TPSA) is 21.3 Å². The van der Waals surface area contributed by atoms with E-state index in [4.69, 9.17) is 16.3 Å². The third-order valence-electron chi connectivity index (χ3n) is 2.02. The molecule has 1 aliphatic rings. The Labute approximate surface area is 76.5 Å². The van der Waals surface area contributed by atoms with Crippen LogP contribution in [0.25, 0.3) is 0 Å². The van der Waals surface area contributed by atoms with Gasteiger partial charge in [-0.25, -0.2) is 0 Å². The van der Waals surface area contributed by atoms with Crippen LogP contribution in [0.15, 0.2) is 12.1 Å². The number of anilines is 1. The van der Waals surface area contributed by atoms with Crippen molar-refractivity contribution in [1.82, 2.24) is 0 Å². The Morgan fingerprint density at radius 1 is 1.50 bits per heavy atom. The van der Waals surface area contributed by atoms with Crippen LogP contribution in [0.5, 0.6) is 5.75 Å². The maximum Gasteiger partial charge on any atom is 0.145 e. The van der Waals surface area contributed by atoms with E-state index < -0.39 is 0 Å². The van der Waals surface area contributed by atoms with Crippen LogP contribution in [0.1, 0.15) is 5.56 Å². The first-order chi connectivity index (χ1) is 5.81. The van der Waals surface area contributed by atoms with Crippen molar-refractivity contribution >= 4 is 17.3 Å². The average Bonchev–Trinajstić information content (AvgIpc) is 2.50. The van der Waals surface area contributed by atoms with Gasteiger partial charge >= 0.3 is 0 Å². The molecule has 0 unspecified atom stereocenters. The zero-order chi connectivity index (χ0) is 8.55. The molecule has 0 amide bonds. The highest BCUT2D eigenvalue weighted by atomic mass is 35.5. The second-order valence-electron chi connectivity index (χ2n) is 2.79. The number of fused-ring (bicyclic) bond motifs is 1. The van der Waals surface area contributed by atoms with E-state index in [1.54, 1.807) is 0 Å². The molecule has 0 spiro atoms. The van der Waals surface area contributed by atoms with Crippen LogP contribution in [-0.4, -0.2) is 13.7 Å². The second-order valence-corrected chi connectivity index (χ2v) is 3.23. The van der Waals surface area contributed by atoms with Gasteiger partial charge in [-0.1, -0.05) is 11.6 Å². The molecule has 3 heteroatoms. The molecule has 0 fully saturated rings. The van der Waals surface area contributed by atoms with Crippen LogP contribution in [0.3, 0.4) is 0 Å². The lowest BCUT2D eigenvalue weighted by Gasteiger charge is -2.07. The molecule has 1 aliphatic heterocycles. The van der Waals surface area contributed by atoms with E-state index >= 15 is 0 Å². The third kappa shape index (κ3) is 1.12. The fourth-order valence-corrected chi connectivity index (χ4v) is 1.70. The van der Waals surface area contributed by atoms with Crippen molar-refractivity contribution in [2.24, 2.45) is 0 Å². The molecule has 0 saturated heterocycles. The van der Waals surface area contributed by atoms with Gasteiger partial charge in [-0.05, 0) is 12.1 Å². The van der Waals surface area contributed by atoms with Crippen molar-refractivity contribution in [2.75, 3.05) is 19.0 Å². The Morgan fingerprint density at radius 3 is 3.08 bits per heavy atom. The van der Waals surface area contributed by atoms with Crippen molar-refractivity contribution in [3.05, 3.63) is 22.7 Å². The third-order valence-corrected chi connectivity index (χ3v) is 2.24. The molecule has 1 heterocycles. The number of hydrogen-bond donors (Lipinski definition) is 1. The molecule has 64 valence electrons. The van der Waals surface area contributed by atoms with E-state index in [9.17, 15) is 0 Å². The molecular weight excluding hydrogens is 174 g/mol.